The van der Waals surface area contributed by atoms with E-state index in [1.807, 2.05) is 11.8 Å². The third-order valence-electron chi connectivity index (χ3n) is 3.19. The first-order valence-corrected chi connectivity index (χ1v) is 6.50. The van der Waals surface area contributed by atoms with Gasteiger partial charge in [0.25, 0.3) is 5.91 Å². The van der Waals surface area contributed by atoms with Crippen molar-refractivity contribution >= 4 is 11.8 Å². The number of hydrogen-bond acceptors (Lipinski definition) is 4. The lowest BCUT2D eigenvalue weighted by molar-refractivity contribution is -0.133. The summed E-state index contributed by atoms with van der Waals surface area (Å²) in [5, 5.41) is 5.91. The highest BCUT2D eigenvalue weighted by molar-refractivity contribution is 5.91. The Morgan fingerprint density at radius 2 is 2.42 bits per heavy atom. The van der Waals surface area contributed by atoms with E-state index in [0.29, 0.717) is 13.0 Å². The van der Waals surface area contributed by atoms with Gasteiger partial charge in [0.1, 0.15) is 0 Å². The maximum Gasteiger partial charge on any atom is 0.286 e. The topological polar surface area (TPSA) is 74.6 Å². The van der Waals surface area contributed by atoms with Gasteiger partial charge in [-0.15, -0.1) is 0 Å². The van der Waals surface area contributed by atoms with E-state index < -0.39 is 0 Å². The Balaban J connectivity index is 1.73. The summed E-state index contributed by atoms with van der Waals surface area (Å²) < 4.78 is 4.97. The van der Waals surface area contributed by atoms with Gasteiger partial charge in [-0.1, -0.05) is 0 Å². The van der Waals surface area contributed by atoms with Gasteiger partial charge in [0.15, 0.2) is 5.76 Å². The van der Waals surface area contributed by atoms with Crippen LogP contribution in [0.5, 0.6) is 0 Å². The van der Waals surface area contributed by atoms with Crippen molar-refractivity contribution < 1.29 is 14.0 Å². The number of rotatable bonds is 4. The molecule has 19 heavy (non-hydrogen) atoms. The fourth-order valence-electron chi connectivity index (χ4n) is 2.13. The average Bonchev–Trinajstić information content (AvgIpc) is 2.93. The van der Waals surface area contributed by atoms with E-state index in [4.69, 9.17) is 4.42 Å². The van der Waals surface area contributed by atoms with Gasteiger partial charge in [-0.2, -0.15) is 0 Å². The fraction of sp³-hybridized carbons (Fsp3) is 0.538. The number of hydrogen-bond donors (Lipinski definition) is 2. The molecule has 2 heterocycles. The number of nitrogens with one attached hydrogen (secondary N) is 2. The van der Waals surface area contributed by atoms with Crippen molar-refractivity contribution in [2.45, 2.75) is 19.4 Å². The smallest absolute Gasteiger partial charge is 0.286 e. The molecule has 1 aromatic rings. The second-order valence-electron chi connectivity index (χ2n) is 4.62. The molecule has 0 bridgehead atoms. The summed E-state index contributed by atoms with van der Waals surface area (Å²) in [5.41, 5.74) is 0. The molecule has 1 fully saturated rings. The number of amides is 2. The van der Waals surface area contributed by atoms with E-state index in [1.54, 1.807) is 12.1 Å². The van der Waals surface area contributed by atoms with Crippen LogP contribution in [0, 0.1) is 0 Å². The lowest BCUT2D eigenvalue weighted by Crippen LogP contribution is -2.52. The molecule has 1 atom stereocenters. The normalized spacial score (nSPS) is 19.2. The fourth-order valence-corrected chi connectivity index (χ4v) is 2.13. The van der Waals surface area contributed by atoms with Crippen LogP contribution in [0.15, 0.2) is 22.8 Å². The standard InChI is InChI=1S/C13H19N3O3/c1-10-9-14-6-7-16(10)12(17)4-5-15-13(18)11-3-2-8-19-11/h2-3,8,10,14H,4-7,9H2,1H3,(H,15,18)/t10-/m1/s1. The molecule has 0 spiro atoms. The molecule has 0 aromatic carbocycles. The largest absolute Gasteiger partial charge is 0.459 e. The van der Waals surface area contributed by atoms with Gasteiger partial charge in [0.05, 0.1) is 6.26 Å². The van der Waals surface area contributed by atoms with Crippen LogP contribution >= 0.6 is 0 Å². The lowest BCUT2D eigenvalue weighted by atomic mass is 10.2. The van der Waals surface area contributed by atoms with Crippen molar-refractivity contribution in [3.8, 4) is 0 Å². The molecule has 6 nitrogen and oxygen atoms in total. The quantitative estimate of drug-likeness (QED) is 0.816. The molecule has 1 aromatic heterocycles. The van der Waals surface area contributed by atoms with E-state index in [0.717, 1.165) is 19.6 Å². The van der Waals surface area contributed by atoms with Gasteiger partial charge >= 0.3 is 0 Å². The highest BCUT2D eigenvalue weighted by Crippen LogP contribution is 2.05. The predicted octanol–water partition coefficient (Wildman–Crippen LogP) is 0.220. The summed E-state index contributed by atoms with van der Waals surface area (Å²) >= 11 is 0. The van der Waals surface area contributed by atoms with Crippen molar-refractivity contribution in [3.63, 3.8) is 0 Å². The number of piperazine rings is 1. The predicted molar refractivity (Wildman–Crippen MR) is 69.7 cm³/mol. The van der Waals surface area contributed by atoms with E-state index in [-0.39, 0.29) is 23.6 Å². The zero-order valence-electron chi connectivity index (χ0n) is 11.0. The highest BCUT2D eigenvalue weighted by atomic mass is 16.3. The SMILES string of the molecule is C[C@@H]1CNCCN1C(=O)CCNC(=O)c1ccco1. The second kappa shape index (κ2) is 6.38. The third kappa shape index (κ3) is 3.57. The van der Waals surface area contributed by atoms with Gasteiger partial charge in [0, 0.05) is 38.6 Å². The zero-order chi connectivity index (χ0) is 13.7. The van der Waals surface area contributed by atoms with Crippen molar-refractivity contribution in [2.75, 3.05) is 26.2 Å². The minimum Gasteiger partial charge on any atom is -0.459 e. The molecular weight excluding hydrogens is 246 g/mol. The number of furan rings is 1. The summed E-state index contributed by atoms with van der Waals surface area (Å²) in [4.78, 5) is 25.4. The minimum absolute atomic E-state index is 0.0775. The van der Waals surface area contributed by atoms with Crippen molar-refractivity contribution in [3.05, 3.63) is 24.2 Å². The van der Waals surface area contributed by atoms with E-state index in [1.165, 1.54) is 6.26 Å². The van der Waals surface area contributed by atoms with Gasteiger partial charge in [-0.25, -0.2) is 0 Å². The summed E-state index contributed by atoms with van der Waals surface area (Å²) in [6.45, 7) is 4.73. The summed E-state index contributed by atoms with van der Waals surface area (Å²) in [7, 11) is 0. The van der Waals surface area contributed by atoms with Crippen molar-refractivity contribution in [2.24, 2.45) is 0 Å². The molecule has 2 amide bonds. The van der Waals surface area contributed by atoms with Crippen molar-refractivity contribution in [1.82, 2.24) is 15.5 Å². The maximum atomic E-state index is 12.0. The van der Waals surface area contributed by atoms with E-state index >= 15 is 0 Å². The first-order valence-electron chi connectivity index (χ1n) is 6.50. The van der Waals surface area contributed by atoms with E-state index in [2.05, 4.69) is 10.6 Å². The molecule has 1 aliphatic rings. The molecule has 0 aliphatic carbocycles. The van der Waals surface area contributed by atoms with Crippen LogP contribution in [0.4, 0.5) is 0 Å². The van der Waals surface area contributed by atoms with Crippen LogP contribution in [0.25, 0.3) is 0 Å². The van der Waals surface area contributed by atoms with Crippen molar-refractivity contribution in [1.29, 1.82) is 0 Å². The van der Waals surface area contributed by atoms with Gasteiger partial charge in [0.2, 0.25) is 5.91 Å². The number of nitrogens with zero attached hydrogens (tertiary/aromatic N) is 1. The molecule has 1 saturated heterocycles. The number of carbonyl (C=O) groups excluding carboxylic acids is 2. The lowest BCUT2D eigenvalue weighted by Gasteiger charge is -2.34. The van der Waals surface area contributed by atoms with Crippen LogP contribution in [-0.4, -0.2) is 48.9 Å². The molecule has 2 N–H and O–H groups in total. The first-order chi connectivity index (χ1) is 9.18. The molecule has 104 valence electrons. The summed E-state index contributed by atoms with van der Waals surface area (Å²) in [6, 6.07) is 3.46. The van der Waals surface area contributed by atoms with E-state index in [9.17, 15) is 9.59 Å². The highest BCUT2D eigenvalue weighted by Gasteiger charge is 2.22. The Kier molecular flexibility index (Phi) is 4.57. The number of carbonyl (C=O) groups is 2. The Bertz CT molecular complexity index is 430. The Hall–Kier alpha value is -1.82. The molecule has 0 saturated carbocycles. The molecule has 0 unspecified atom stereocenters. The van der Waals surface area contributed by atoms with Crippen LogP contribution in [0.3, 0.4) is 0 Å². The molecule has 0 radical (unpaired) electrons. The summed E-state index contributed by atoms with van der Waals surface area (Å²) in [6.07, 6.45) is 1.76. The first kappa shape index (κ1) is 13.6. The van der Waals surface area contributed by atoms with Crippen LogP contribution in [-0.2, 0) is 4.79 Å². The minimum atomic E-state index is -0.286. The van der Waals surface area contributed by atoms with Gasteiger partial charge in [-0.3, -0.25) is 9.59 Å². The summed E-state index contributed by atoms with van der Waals surface area (Å²) in [5.74, 6) is 0.0582. The molecular formula is C13H19N3O3. The molecule has 1 aliphatic heterocycles. The van der Waals surface area contributed by atoms with Gasteiger partial charge in [-0.05, 0) is 19.1 Å². The Morgan fingerprint density at radius 1 is 1.58 bits per heavy atom. The van der Waals surface area contributed by atoms with Gasteiger partial charge < -0.3 is 20.0 Å². The van der Waals surface area contributed by atoms with Crippen LogP contribution in [0.2, 0.25) is 0 Å². The Morgan fingerprint density at radius 3 is 3.11 bits per heavy atom. The average molecular weight is 265 g/mol. The monoisotopic (exact) mass is 265 g/mol. The molecule has 6 heteroatoms. The maximum absolute atomic E-state index is 12.0. The van der Waals surface area contributed by atoms with Crippen LogP contribution < -0.4 is 10.6 Å². The second-order valence-corrected chi connectivity index (χ2v) is 4.62. The Labute approximate surface area is 112 Å². The third-order valence-corrected chi connectivity index (χ3v) is 3.19. The van der Waals surface area contributed by atoms with Crippen LogP contribution in [0.1, 0.15) is 23.9 Å². The molecule has 2 rings (SSSR count). The zero-order valence-corrected chi connectivity index (χ0v) is 11.0.